The molecule has 1 atom stereocenters. The van der Waals surface area contributed by atoms with Crippen LogP contribution in [0, 0.1) is 12.3 Å². The van der Waals surface area contributed by atoms with Gasteiger partial charge in [-0.15, -0.1) is 6.42 Å². The van der Waals surface area contributed by atoms with Gasteiger partial charge in [-0.3, -0.25) is 4.57 Å². The van der Waals surface area contributed by atoms with Gasteiger partial charge in [0.05, 0.1) is 13.2 Å². The topological polar surface area (TPSA) is 29.5 Å². The van der Waals surface area contributed by atoms with Crippen molar-refractivity contribution in [3.05, 3.63) is 0 Å². The van der Waals surface area contributed by atoms with Crippen LogP contribution in [0.1, 0.15) is 6.92 Å². The Bertz CT molecular complexity index is 201. The van der Waals surface area contributed by atoms with Gasteiger partial charge in [0, 0.05) is 0 Å². The molecule has 0 bridgehead atoms. The highest BCUT2D eigenvalue weighted by Gasteiger charge is 2.24. The van der Waals surface area contributed by atoms with Gasteiger partial charge in [-0.1, -0.05) is 5.92 Å². The summed E-state index contributed by atoms with van der Waals surface area (Å²) in [6, 6.07) is 0. The summed E-state index contributed by atoms with van der Waals surface area (Å²) in [4.78, 5) is 0. The highest BCUT2D eigenvalue weighted by atomic mass is 35.7. The van der Waals surface area contributed by atoms with E-state index in [9.17, 15) is 4.57 Å². The zero-order chi connectivity index (χ0) is 8.91. The van der Waals surface area contributed by atoms with E-state index in [4.69, 9.17) is 22.2 Å². The molecule has 0 aliphatic heterocycles. The Morgan fingerprint density at radius 3 is 2.73 bits per heavy atom. The number of hydrogen-bond acceptors (Lipinski definition) is 2. The van der Waals surface area contributed by atoms with Crippen molar-refractivity contribution in [3.63, 3.8) is 0 Å². The Morgan fingerprint density at radius 1 is 1.82 bits per heavy atom. The van der Waals surface area contributed by atoms with Gasteiger partial charge < -0.3 is 4.52 Å². The first-order chi connectivity index (χ1) is 5.04. The summed E-state index contributed by atoms with van der Waals surface area (Å²) in [6.07, 6.45) is 5.00. The van der Waals surface area contributed by atoms with Crippen LogP contribution in [0.4, 0.5) is 0 Å². The van der Waals surface area contributed by atoms with E-state index in [1.807, 2.05) is 0 Å². The number of rotatable bonds is 4. The molecule has 1 unspecified atom stereocenters. The SMILES string of the molecule is C#CCN(C)P(=O)(Cl)OCC. The van der Waals surface area contributed by atoms with Crippen molar-refractivity contribution in [3.8, 4) is 12.3 Å². The van der Waals surface area contributed by atoms with Crippen LogP contribution in [0.2, 0.25) is 0 Å². The maximum atomic E-state index is 11.3. The molecular weight excluding hydrogens is 184 g/mol. The van der Waals surface area contributed by atoms with Crippen LogP contribution in [0.15, 0.2) is 0 Å². The maximum Gasteiger partial charge on any atom is 0.363 e. The lowest BCUT2D eigenvalue weighted by Crippen LogP contribution is -2.13. The van der Waals surface area contributed by atoms with Crippen LogP contribution < -0.4 is 0 Å². The summed E-state index contributed by atoms with van der Waals surface area (Å²) < 4.78 is 17.4. The third kappa shape index (κ3) is 3.79. The number of hydrogen-bond donors (Lipinski definition) is 0. The molecule has 0 fully saturated rings. The van der Waals surface area contributed by atoms with Crippen LogP contribution in [0.25, 0.3) is 0 Å². The number of nitrogens with zero attached hydrogens (tertiary/aromatic N) is 1. The molecule has 0 aliphatic carbocycles. The molecule has 0 rings (SSSR count). The van der Waals surface area contributed by atoms with Crippen molar-refractivity contribution in [2.45, 2.75) is 6.92 Å². The van der Waals surface area contributed by atoms with Gasteiger partial charge in [0.25, 0.3) is 0 Å². The minimum absolute atomic E-state index is 0.223. The van der Waals surface area contributed by atoms with Gasteiger partial charge in [-0.25, -0.2) is 4.67 Å². The summed E-state index contributed by atoms with van der Waals surface area (Å²) in [5, 5.41) is 0. The lowest BCUT2D eigenvalue weighted by molar-refractivity contribution is 0.307. The monoisotopic (exact) mass is 195 g/mol. The fraction of sp³-hybridized carbons (Fsp3) is 0.667. The van der Waals surface area contributed by atoms with Crippen LogP contribution in [0.5, 0.6) is 0 Å². The van der Waals surface area contributed by atoms with Crippen LogP contribution in [-0.2, 0) is 9.09 Å². The number of terminal acetylenes is 1. The molecule has 0 spiro atoms. The van der Waals surface area contributed by atoms with E-state index >= 15 is 0 Å². The highest BCUT2D eigenvalue weighted by molar-refractivity contribution is 7.83. The standard InChI is InChI=1S/C6H11ClNO2P/c1-4-6-8(3)11(7,9)10-5-2/h1H,5-6H2,2-3H3. The van der Waals surface area contributed by atoms with Crippen molar-refractivity contribution in [2.24, 2.45) is 0 Å². The Hall–Kier alpha value is -0.0000000000000000208. The van der Waals surface area contributed by atoms with Crippen molar-refractivity contribution >= 4 is 18.1 Å². The fourth-order valence-electron chi connectivity index (χ4n) is 0.474. The lowest BCUT2D eigenvalue weighted by Gasteiger charge is -2.18. The molecule has 0 N–H and O–H groups in total. The van der Waals surface area contributed by atoms with E-state index in [0.29, 0.717) is 6.61 Å². The van der Waals surface area contributed by atoms with Crippen molar-refractivity contribution in [1.29, 1.82) is 0 Å². The molecule has 0 aromatic rings. The number of halogens is 1. The van der Waals surface area contributed by atoms with E-state index < -0.39 is 6.87 Å². The Labute approximate surface area is 72.0 Å². The third-order valence-electron chi connectivity index (χ3n) is 1.02. The molecule has 0 aromatic carbocycles. The molecule has 0 amide bonds. The molecule has 5 heteroatoms. The first kappa shape index (κ1) is 11.0. The molecule has 0 aliphatic rings. The van der Waals surface area contributed by atoms with Gasteiger partial charge in [-0.05, 0) is 25.2 Å². The summed E-state index contributed by atoms with van der Waals surface area (Å²) in [5.74, 6) is 2.32. The van der Waals surface area contributed by atoms with E-state index in [0.717, 1.165) is 0 Å². The average molecular weight is 196 g/mol. The van der Waals surface area contributed by atoms with Gasteiger partial charge in [0.1, 0.15) is 0 Å². The predicted octanol–water partition coefficient (Wildman–Crippen LogP) is 1.93. The van der Waals surface area contributed by atoms with Gasteiger partial charge >= 0.3 is 6.87 Å². The minimum Gasteiger partial charge on any atom is -0.306 e. The quantitative estimate of drug-likeness (QED) is 0.507. The van der Waals surface area contributed by atoms with Gasteiger partial charge in [0.15, 0.2) is 0 Å². The lowest BCUT2D eigenvalue weighted by atomic mass is 10.7. The highest BCUT2D eigenvalue weighted by Crippen LogP contribution is 2.54. The largest absolute Gasteiger partial charge is 0.363 e. The van der Waals surface area contributed by atoms with Crippen molar-refractivity contribution < 1.29 is 9.09 Å². The molecule has 0 heterocycles. The zero-order valence-corrected chi connectivity index (χ0v) is 8.23. The molecular formula is C6H11ClNO2P. The van der Waals surface area contributed by atoms with E-state index in [1.165, 1.54) is 4.67 Å². The van der Waals surface area contributed by atoms with Crippen LogP contribution in [-0.4, -0.2) is 24.9 Å². The summed E-state index contributed by atoms with van der Waals surface area (Å²) in [6.45, 7) is -0.878. The molecule has 64 valence electrons. The minimum atomic E-state index is -3.14. The maximum absolute atomic E-state index is 11.3. The molecule has 0 saturated carbocycles. The second-order valence-corrected chi connectivity index (χ2v) is 5.01. The first-order valence-corrected chi connectivity index (χ1v) is 5.62. The summed E-state index contributed by atoms with van der Waals surface area (Å²) in [7, 11) is 1.56. The van der Waals surface area contributed by atoms with Crippen LogP contribution in [0.3, 0.4) is 0 Å². The average Bonchev–Trinajstić information content (AvgIpc) is 1.88. The van der Waals surface area contributed by atoms with Crippen molar-refractivity contribution in [2.75, 3.05) is 20.2 Å². The Kier molecular flexibility index (Phi) is 4.79. The van der Waals surface area contributed by atoms with E-state index in [-0.39, 0.29) is 6.54 Å². The molecule has 0 aromatic heterocycles. The molecule has 0 saturated heterocycles. The molecule has 0 radical (unpaired) electrons. The Balaban J connectivity index is 4.08. The normalized spacial score (nSPS) is 15.9. The predicted molar refractivity (Wildman–Crippen MR) is 46.5 cm³/mol. The van der Waals surface area contributed by atoms with E-state index in [1.54, 1.807) is 14.0 Å². The van der Waals surface area contributed by atoms with Gasteiger partial charge in [-0.2, -0.15) is 0 Å². The zero-order valence-electron chi connectivity index (χ0n) is 6.58. The fourth-order valence-corrected chi connectivity index (χ4v) is 1.69. The summed E-state index contributed by atoms with van der Waals surface area (Å²) >= 11 is 5.53. The van der Waals surface area contributed by atoms with Gasteiger partial charge in [0.2, 0.25) is 0 Å². The summed E-state index contributed by atoms with van der Waals surface area (Å²) in [5.41, 5.74) is 0. The van der Waals surface area contributed by atoms with Crippen LogP contribution >= 0.6 is 18.1 Å². The molecule has 11 heavy (non-hydrogen) atoms. The second kappa shape index (κ2) is 4.79. The first-order valence-electron chi connectivity index (χ1n) is 3.14. The van der Waals surface area contributed by atoms with Crippen molar-refractivity contribution in [1.82, 2.24) is 4.67 Å². The molecule has 3 nitrogen and oxygen atoms in total. The Morgan fingerprint density at radius 2 is 2.36 bits per heavy atom. The second-order valence-electron chi connectivity index (χ2n) is 1.89. The smallest absolute Gasteiger partial charge is 0.306 e. The van der Waals surface area contributed by atoms with E-state index in [2.05, 4.69) is 5.92 Å². The third-order valence-corrected chi connectivity index (χ3v) is 3.62.